The molecule has 0 unspecified atom stereocenters. The van der Waals surface area contributed by atoms with Crippen LogP contribution in [0.5, 0.6) is 0 Å². The van der Waals surface area contributed by atoms with Crippen molar-refractivity contribution >= 4 is 43.1 Å². The molecule has 0 heteroatoms. The summed E-state index contributed by atoms with van der Waals surface area (Å²) in [5.74, 6) is 0. The molecule has 0 aliphatic carbocycles. The van der Waals surface area contributed by atoms with Crippen molar-refractivity contribution in [2.45, 2.75) is 0 Å². The average Bonchev–Trinajstić information content (AvgIpc) is 3.22. The van der Waals surface area contributed by atoms with Crippen molar-refractivity contribution in [3.8, 4) is 55.6 Å². The van der Waals surface area contributed by atoms with E-state index in [1.165, 1.54) is 98.7 Å². The lowest BCUT2D eigenvalue weighted by atomic mass is 9.85. The summed E-state index contributed by atoms with van der Waals surface area (Å²) < 4.78 is 0. The lowest BCUT2D eigenvalue weighted by Crippen LogP contribution is -1.91. The van der Waals surface area contributed by atoms with Gasteiger partial charge in [-0.1, -0.05) is 182 Å². The van der Waals surface area contributed by atoms with Crippen molar-refractivity contribution in [2.75, 3.05) is 0 Å². The molecule has 0 fully saturated rings. The predicted molar refractivity (Wildman–Crippen MR) is 224 cm³/mol. The number of hydrogen-bond acceptors (Lipinski definition) is 0. The first-order valence-electron chi connectivity index (χ1n) is 18.0. The molecule has 0 nitrogen and oxygen atoms in total. The zero-order valence-corrected chi connectivity index (χ0v) is 28.6. The van der Waals surface area contributed by atoms with E-state index < -0.39 is 0 Å². The van der Waals surface area contributed by atoms with E-state index in [4.69, 9.17) is 0 Å². The van der Waals surface area contributed by atoms with E-state index in [1.54, 1.807) is 0 Å². The molecule has 10 rings (SSSR count). The molecule has 242 valence electrons. The summed E-state index contributed by atoms with van der Waals surface area (Å²) in [6.07, 6.45) is 0. The van der Waals surface area contributed by atoms with Crippen molar-refractivity contribution in [2.24, 2.45) is 0 Å². The third kappa shape index (κ3) is 5.25. The monoisotopic (exact) mass is 658 g/mol. The third-order valence-corrected chi connectivity index (χ3v) is 10.6. The second-order valence-electron chi connectivity index (χ2n) is 13.7. The van der Waals surface area contributed by atoms with Crippen LogP contribution < -0.4 is 0 Å². The SMILES string of the molecule is c1ccc(-c2cccc(-c3ccc4ccc(-c5c6ccccc6c(-c6ccc(-c7ccc8ccccc8c7)cc6)c6ccccc56)cc4c3)c2)cc1. The lowest BCUT2D eigenvalue weighted by Gasteiger charge is -2.18. The Morgan fingerprint density at radius 1 is 0.173 bits per heavy atom. The Labute approximate surface area is 303 Å². The predicted octanol–water partition coefficient (Wildman–Crippen LogP) is 14.6. The first-order chi connectivity index (χ1) is 25.8. The molecular formula is C52H34. The molecule has 52 heavy (non-hydrogen) atoms. The highest BCUT2D eigenvalue weighted by atomic mass is 14.2. The molecule has 0 saturated carbocycles. The van der Waals surface area contributed by atoms with Crippen LogP contribution in [0.15, 0.2) is 206 Å². The van der Waals surface area contributed by atoms with Gasteiger partial charge >= 0.3 is 0 Å². The van der Waals surface area contributed by atoms with E-state index in [9.17, 15) is 0 Å². The standard InChI is InChI=1S/C52H34/c1-2-11-35(12-3-1)41-15-10-16-42(31-41)44-29-24-38-25-30-45(34-46(38)33-44)52-49-19-8-6-17-47(49)51(48-18-7-9-20-50(48)52)39-26-21-37(22-27-39)43-28-23-36-13-4-5-14-40(36)32-43/h1-34H. The summed E-state index contributed by atoms with van der Waals surface area (Å²) in [5, 5.41) is 10.1. The number of benzene rings is 10. The van der Waals surface area contributed by atoms with Crippen LogP contribution in [0, 0.1) is 0 Å². The summed E-state index contributed by atoms with van der Waals surface area (Å²) in [4.78, 5) is 0. The van der Waals surface area contributed by atoms with Crippen LogP contribution in [0.25, 0.3) is 98.7 Å². The van der Waals surface area contributed by atoms with Gasteiger partial charge in [0.15, 0.2) is 0 Å². The van der Waals surface area contributed by atoms with Crippen LogP contribution in [-0.2, 0) is 0 Å². The Hall–Kier alpha value is -6.76. The van der Waals surface area contributed by atoms with E-state index in [0.717, 1.165) is 0 Å². The Balaban J connectivity index is 1.10. The minimum Gasteiger partial charge on any atom is -0.0622 e. The van der Waals surface area contributed by atoms with E-state index in [-0.39, 0.29) is 0 Å². The Morgan fingerprint density at radius 3 is 1.19 bits per heavy atom. The first kappa shape index (κ1) is 30.1. The van der Waals surface area contributed by atoms with Crippen LogP contribution in [-0.4, -0.2) is 0 Å². The molecule has 0 radical (unpaired) electrons. The largest absolute Gasteiger partial charge is 0.0622 e. The van der Waals surface area contributed by atoms with Gasteiger partial charge in [0.05, 0.1) is 0 Å². The molecule has 0 aliphatic rings. The fourth-order valence-electron chi connectivity index (χ4n) is 8.04. The molecule has 0 bridgehead atoms. The van der Waals surface area contributed by atoms with Gasteiger partial charge in [-0.2, -0.15) is 0 Å². The smallest absolute Gasteiger partial charge is 0.00262 e. The van der Waals surface area contributed by atoms with Crippen molar-refractivity contribution < 1.29 is 0 Å². The summed E-state index contributed by atoms with van der Waals surface area (Å²) >= 11 is 0. The first-order valence-corrected chi connectivity index (χ1v) is 18.0. The maximum Gasteiger partial charge on any atom is -0.00262 e. The molecule has 0 saturated heterocycles. The van der Waals surface area contributed by atoms with Crippen molar-refractivity contribution in [3.05, 3.63) is 206 Å². The second-order valence-corrected chi connectivity index (χ2v) is 13.7. The summed E-state index contributed by atoms with van der Waals surface area (Å²) in [7, 11) is 0. The van der Waals surface area contributed by atoms with Gasteiger partial charge in [0, 0.05) is 0 Å². The third-order valence-electron chi connectivity index (χ3n) is 10.6. The van der Waals surface area contributed by atoms with E-state index in [1.807, 2.05) is 0 Å². The van der Waals surface area contributed by atoms with Gasteiger partial charge in [-0.05, 0) is 123 Å². The van der Waals surface area contributed by atoms with Crippen LogP contribution in [0.4, 0.5) is 0 Å². The molecule has 0 heterocycles. The fourth-order valence-corrected chi connectivity index (χ4v) is 8.04. The molecule has 0 amide bonds. The van der Waals surface area contributed by atoms with Crippen LogP contribution in [0.1, 0.15) is 0 Å². The number of hydrogen-bond donors (Lipinski definition) is 0. The summed E-state index contributed by atoms with van der Waals surface area (Å²) in [5.41, 5.74) is 12.4. The molecule has 0 spiro atoms. The molecule has 0 aliphatic heterocycles. The van der Waals surface area contributed by atoms with Crippen LogP contribution >= 0.6 is 0 Å². The lowest BCUT2D eigenvalue weighted by molar-refractivity contribution is 1.60. The van der Waals surface area contributed by atoms with Gasteiger partial charge in [-0.25, -0.2) is 0 Å². The quantitative estimate of drug-likeness (QED) is 0.161. The zero-order chi connectivity index (χ0) is 34.4. The topological polar surface area (TPSA) is 0 Å². The molecule has 0 N–H and O–H groups in total. The highest BCUT2D eigenvalue weighted by molar-refractivity contribution is 6.21. The van der Waals surface area contributed by atoms with Crippen LogP contribution in [0.2, 0.25) is 0 Å². The normalized spacial score (nSPS) is 11.5. The molecular weight excluding hydrogens is 625 g/mol. The Bertz CT molecular complexity index is 2880. The van der Waals surface area contributed by atoms with Crippen LogP contribution in [0.3, 0.4) is 0 Å². The highest BCUT2D eigenvalue weighted by Gasteiger charge is 2.17. The molecule has 10 aromatic rings. The Kier molecular flexibility index (Phi) is 7.25. The van der Waals surface area contributed by atoms with Gasteiger partial charge < -0.3 is 0 Å². The zero-order valence-electron chi connectivity index (χ0n) is 28.6. The van der Waals surface area contributed by atoms with Crippen molar-refractivity contribution in [3.63, 3.8) is 0 Å². The van der Waals surface area contributed by atoms with E-state index in [2.05, 4.69) is 206 Å². The van der Waals surface area contributed by atoms with Crippen molar-refractivity contribution in [1.29, 1.82) is 0 Å². The van der Waals surface area contributed by atoms with E-state index >= 15 is 0 Å². The van der Waals surface area contributed by atoms with Gasteiger partial charge in [-0.15, -0.1) is 0 Å². The fraction of sp³-hybridized carbons (Fsp3) is 0. The molecule has 10 aromatic carbocycles. The van der Waals surface area contributed by atoms with Crippen molar-refractivity contribution in [1.82, 2.24) is 0 Å². The summed E-state index contributed by atoms with van der Waals surface area (Å²) in [6, 6.07) is 75.6. The highest BCUT2D eigenvalue weighted by Crippen LogP contribution is 2.44. The molecule has 0 aromatic heterocycles. The second kappa shape index (κ2) is 12.5. The Morgan fingerprint density at radius 2 is 0.538 bits per heavy atom. The molecule has 0 atom stereocenters. The maximum atomic E-state index is 2.38. The van der Waals surface area contributed by atoms with Gasteiger partial charge in [-0.3, -0.25) is 0 Å². The minimum absolute atomic E-state index is 1.22. The minimum atomic E-state index is 1.22. The summed E-state index contributed by atoms with van der Waals surface area (Å²) in [6.45, 7) is 0. The number of fused-ring (bicyclic) bond motifs is 4. The van der Waals surface area contributed by atoms with Gasteiger partial charge in [0.25, 0.3) is 0 Å². The average molecular weight is 659 g/mol. The van der Waals surface area contributed by atoms with E-state index in [0.29, 0.717) is 0 Å². The van der Waals surface area contributed by atoms with Gasteiger partial charge in [0.2, 0.25) is 0 Å². The maximum absolute atomic E-state index is 2.38. The van der Waals surface area contributed by atoms with Gasteiger partial charge in [0.1, 0.15) is 0 Å². The number of rotatable bonds is 5.